The third-order valence-electron chi connectivity index (χ3n) is 4.34. The molecular formula is C19H19N3O3. The average molecular weight is 337 g/mol. The van der Waals surface area contributed by atoms with Crippen LogP contribution in [0.2, 0.25) is 0 Å². The molecule has 0 spiro atoms. The van der Waals surface area contributed by atoms with Crippen molar-refractivity contribution in [1.82, 2.24) is 10.3 Å². The smallest absolute Gasteiger partial charge is 0.240 e. The van der Waals surface area contributed by atoms with E-state index in [9.17, 15) is 14.4 Å². The zero-order valence-electron chi connectivity index (χ0n) is 13.9. The van der Waals surface area contributed by atoms with Crippen molar-refractivity contribution in [2.75, 3.05) is 5.32 Å². The molecule has 0 aliphatic heterocycles. The number of nitrogens with one attached hydrogen (secondary N) is 2. The minimum absolute atomic E-state index is 0.0358. The van der Waals surface area contributed by atoms with Gasteiger partial charge in [0.05, 0.1) is 0 Å². The second-order valence-corrected chi connectivity index (χ2v) is 6.21. The van der Waals surface area contributed by atoms with Crippen molar-refractivity contribution < 1.29 is 14.4 Å². The van der Waals surface area contributed by atoms with Crippen molar-refractivity contribution in [3.8, 4) is 0 Å². The number of hydrogen-bond donors (Lipinski definition) is 2. The van der Waals surface area contributed by atoms with E-state index in [0.29, 0.717) is 30.6 Å². The van der Waals surface area contributed by atoms with E-state index in [1.54, 1.807) is 42.7 Å². The standard InChI is InChI=1S/C19H19N3O3/c1-13(23)15-4-6-16(7-5-15)22-18(25)19(8-9-19)17(24)21-12-14-3-2-10-20-11-14/h2-7,10-11H,8-9,12H2,1H3,(H,21,24)(H,22,25). The van der Waals surface area contributed by atoms with Gasteiger partial charge in [-0.3, -0.25) is 19.4 Å². The van der Waals surface area contributed by atoms with Gasteiger partial charge in [-0.15, -0.1) is 0 Å². The highest BCUT2D eigenvalue weighted by Gasteiger charge is 2.56. The van der Waals surface area contributed by atoms with Crippen LogP contribution in [0.1, 0.15) is 35.7 Å². The Morgan fingerprint density at radius 1 is 1.08 bits per heavy atom. The molecule has 1 heterocycles. The van der Waals surface area contributed by atoms with Crippen LogP contribution in [0.4, 0.5) is 5.69 Å². The zero-order valence-corrected chi connectivity index (χ0v) is 13.9. The molecule has 6 heteroatoms. The van der Waals surface area contributed by atoms with Gasteiger partial charge in [0.15, 0.2) is 5.78 Å². The number of carbonyl (C=O) groups excluding carboxylic acids is 3. The van der Waals surface area contributed by atoms with E-state index in [-0.39, 0.29) is 17.6 Å². The number of ketones is 1. The Kier molecular flexibility index (Phi) is 4.61. The number of anilines is 1. The summed E-state index contributed by atoms with van der Waals surface area (Å²) in [7, 11) is 0. The fourth-order valence-electron chi connectivity index (χ4n) is 2.58. The molecule has 128 valence electrons. The SMILES string of the molecule is CC(=O)c1ccc(NC(=O)C2(C(=O)NCc3cccnc3)CC2)cc1. The molecule has 1 aromatic heterocycles. The normalized spacial score (nSPS) is 14.4. The quantitative estimate of drug-likeness (QED) is 0.625. The van der Waals surface area contributed by atoms with Gasteiger partial charge in [0.2, 0.25) is 11.8 Å². The van der Waals surface area contributed by atoms with Gasteiger partial charge in [0.1, 0.15) is 5.41 Å². The highest BCUT2D eigenvalue weighted by molar-refractivity contribution is 6.13. The Bertz CT molecular complexity index is 796. The minimum Gasteiger partial charge on any atom is -0.351 e. The van der Waals surface area contributed by atoms with Gasteiger partial charge in [0, 0.05) is 30.2 Å². The van der Waals surface area contributed by atoms with Crippen molar-refractivity contribution in [3.63, 3.8) is 0 Å². The topological polar surface area (TPSA) is 88.2 Å². The van der Waals surface area contributed by atoms with Gasteiger partial charge in [-0.05, 0) is 55.7 Å². The predicted molar refractivity (Wildman–Crippen MR) is 92.8 cm³/mol. The first-order valence-corrected chi connectivity index (χ1v) is 8.11. The molecular weight excluding hydrogens is 318 g/mol. The van der Waals surface area contributed by atoms with Gasteiger partial charge in [-0.2, -0.15) is 0 Å². The lowest BCUT2D eigenvalue weighted by Gasteiger charge is -2.15. The Hall–Kier alpha value is -3.02. The summed E-state index contributed by atoms with van der Waals surface area (Å²) in [5.41, 5.74) is 1.03. The van der Waals surface area contributed by atoms with Gasteiger partial charge < -0.3 is 10.6 Å². The number of nitrogens with zero attached hydrogens (tertiary/aromatic N) is 1. The summed E-state index contributed by atoms with van der Waals surface area (Å²) in [6.07, 6.45) is 4.40. The minimum atomic E-state index is -0.999. The Labute approximate surface area is 145 Å². The molecule has 0 radical (unpaired) electrons. The van der Waals surface area contributed by atoms with Gasteiger partial charge >= 0.3 is 0 Å². The van der Waals surface area contributed by atoms with Crippen molar-refractivity contribution in [2.45, 2.75) is 26.3 Å². The average Bonchev–Trinajstić information content (AvgIpc) is 3.43. The Balaban J connectivity index is 1.60. The molecule has 1 saturated carbocycles. The summed E-state index contributed by atoms with van der Waals surface area (Å²) in [5, 5.41) is 5.57. The summed E-state index contributed by atoms with van der Waals surface area (Å²) in [4.78, 5) is 40.2. The summed E-state index contributed by atoms with van der Waals surface area (Å²) < 4.78 is 0. The molecule has 0 atom stereocenters. The second-order valence-electron chi connectivity index (χ2n) is 6.21. The second kappa shape index (κ2) is 6.84. The Morgan fingerprint density at radius 2 is 1.80 bits per heavy atom. The fraction of sp³-hybridized carbons (Fsp3) is 0.263. The van der Waals surface area contributed by atoms with Crippen molar-refractivity contribution in [3.05, 3.63) is 59.9 Å². The molecule has 0 bridgehead atoms. The monoisotopic (exact) mass is 337 g/mol. The fourth-order valence-corrected chi connectivity index (χ4v) is 2.58. The van der Waals surface area contributed by atoms with E-state index in [4.69, 9.17) is 0 Å². The van der Waals surface area contributed by atoms with Crippen LogP contribution in [0.3, 0.4) is 0 Å². The van der Waals surface area contributed by atoms with Gasteiger partial charge in [-0.25, -0.2) is 0 Å². The first-order chi connectivity index (χ1) is 12.0. The third-order valence-corrected chi connectivity index (χ3v) is 4.34. The van der Waals surface area contributed by atoms with Crippen LogP contribution in [0, 0.1) is 5.41 Å². The molecule has 2 N–H and O–H groups in total. The van der Waals surface area contributed by atoms with Crippen molar-refractivity contribution in [2.24, 2.45) is 5.41 Å². The molecule has 3 rings (SSSR count). The lowest BCUT2D eigenvalue weighted by Crippen LogP contribution is -2.39. The molecule has 1 aliphatic rings. The maximum absolute atomic E-state index is 12.5. The molecule has 0 unspecified atom stereocenters. The molecule has 2 aromatic rings. The molecule has 2 amide bonds. The highest BCUT2D eigenvalue weighted by atomic mass is 16.2. The number of benzene rings is 1. The predicted octanol–water partition coefficient (Wildman–Crippen LogP) is 2.32. The van der Waals surface area contributed by atoms with Crippen molar-refractivity contribution in [1.29, 1.82) is 0 Å². The van der Waals surface area contributed by atoms with E-state index < -0.39 is 5.41 Å². The van der Waals surface area contributed by atoms with Crippen LogP contribution in [-0.2, 0) is 16.1 Å². The molecule has 6 nitrogen and oxygen atoms in total. The molecule has 25 heavy (non-hydrogen) atoms. The first kappa shape index (κ1) is 16.8. The lowest BCUT2D eigenvalue weighted by molar-refractivity contribution is -0.134. The Morgan fingerprint density at radius 3 is 2.36 bits per heavy atom. The van der Waals surface area contributed by atoms with Gasteiger partial charge in [-0.1, -0.05) is 6.07 Å². The summed E-state index contributed by atoms with van der Waals surface area (Å²) in [6.45, 7) is 1.83. The summed E-state index contributed by atoms with van der Waals surface area (Å²) in [6, 6.07) is 10.3. The number of pyridine rings is 1. The number of aromatic nitrogens is 1. The lowest BCUT2D eigenvalue weighted by atomic mass is 10.0. The van der Waals surface area contributed by atoms with E-state index in [0.717, 1.165) is 5.56 Å². The number of Topliss-reactive ketones (excluding diaryl/α,β-unsaturated/α-hetero) is 1. The van der Waals surface area contributed by atoms with Crippen LogP contribution in [0.15, 0.2) is 48.8 Å². The maximum atomic E-state index is 12.5. The van der Waals surface area contributed by atoms with Crippen LogP contribution >= 0.6 is 0 Å². The van der Waals surface area contributed by atoms with Crippen molar-refractivity contribution >= 4 is 23.3 Å². The molecule has 0 saturated heterocycles. The first-order valence-electron chi connectivity index (χ1n) is 8.11. The molecule has 1 aliphatic carbocycles. The van der Waals surface area contributed by atoms with E-state index in [1.807, 2.05) is 6.07 Å². The largest absolute Gasteiger partial charge is 0.351 e. The number of rotatable bonds is 6. The summed E-state index contributed by atoms with van der Waals surface area (Å²) in [5.74, 6) is -0.618. The number of carbonyl (C=O) groups is 3. The van der Waals surface area contributed by atoms with Gasteiger partial charge in [0.25, 0.3) is 0 Å². The molecule has 1 fully saturated rings. The summed E-state index contributed by atoms with van der Waals surface area (Å²) >= 11 is 0. The molecule has 1 aromatic carbocycles. The van der Waals surface area contributed by atoms with Crippen LogP contribution in [0.25, 0.3) is 0 Å². The van der Waals surface area contributed by atoms with E-state index in [1.165, 1.54) is 6.92 Å². The third kappa shape index (κ3) is 3.74. The van der Waals surface area contributed by atoms with E-state index in [2.05, 4.69) is 15.6 Å². The zero-order chi connectivity index (χ0) is 17.9. The maximum Gasteiger partial charge on any atom is 0.240 e. The van der Waals surface area contributed by atoms with E-state index >= 15 is 0 Å². The van der Waals surface area contributed by atoms with Crippen LogP contribution < -0.4 is 10.6 Å². The highest BCUT2D eigenvalue weighted by Crippen LogP contribution is 2.46. The van der Waals surface area contributed by atoms with Crippen LogP contribution in [0.5, 0.6) is 0 Å². The number of amides is 2. The number of hydrogen-bond acceptors (Lipinski definition) is 4. The van der Waals surface area contributed by atoms with Crippen LogP contribution in [-0.4, -0.2) is 22.6 Å².